The molecule has 0 fully saturated rings. The van der Waals surface area contributed by atoms with Gasteiger partial charge in [0, 0.05) is 31.5 Å². The Morgan fingerprint density at radius 3 is 1.88 bits per heavy atom. The monoisotopic (exact) mass is 720 g/mol. The number of aromatic nitrogens is 1. The van der Waals surface area contributed by atoms with Crippen LogP contribution in [0.5, 0.6) is 0 Å². The molecule has 2 nitrogen and oxygen atoms in total. The summed E-state index contributed by atoms with van der Waals surface area (Å²) in [6.07, 6.45) is 0. The zero-order valence-corrected chi connectivity index (χ0v) is 30.0. The SMILES string of the molecule is CC(C)c1ccccc1N([CH-]c1c(C(C)C)cccc1C(C)C)c1cccc(-c2[c-]ccc3ccccc23)n1.[CH3-].[CH3-].[Hf]. The molecule has 5 aromatic rings. The number of hydrogen-bond acceptors (Lipinski definition) is 2. The fourth-order valence-corrected chi connectivity index (χ4v) is 5.41. The number of hydrogen-bond donors (Lipinski definition) is 0. The van der Waals surface area contributed by atoms with Gasteiger partial charge in [-0.05, 0) is 29.3 Å². The summed E-state index contributed by atoms with van der Waals surface area (Å²) >= 11 is 0. The second-order valence-corrected chi connectivity index (χ2v) is 11.2. The third-order valence-corrected chi connectivity index (χ3v) is 7.45. The molecule has 0 bridgehead atoms. The Bertz CT molecular complexity index is 1550. The Hall–Kier alpha value is -3.17. The van der Waals surface area contributed by atoms with Gasteiger partial charge in [0.2, 0.25) is 0 Å². The van der Waals surface area contributed by atoms with Crippen LogP contribution < -0.4 is 4.90 Å². The number of para-hydroxylation sites is 1. The van der Waals surface area contributed by atoms with Crippen LogP contribution in [0, 0.1) is 27.5 Å². The van der Waals surface area contributed by atoms with E-state index in [9.17, 15) is 0 Å². The molecule has 3 heteroatoms. The van der Waals surface area contributed by atoms with Crippen LogP contribution in [0.2, 0.25) is 0 Å². The molecule has 0 saturated carbocycles. The van der Waals surface area contributed by atoms with E-state index in [4.69, 9.17) is 4.98 Å². The van der Waals surface area contributed by atoms with E-state index in [-0.39, 0.29) is 40.7 Å². The van der Waals surface area contributed by atoms with Gasteiger partial charge in [0.15, 0.2) is 0 Å². The van der Waals surface area contributed by atoms with Crippen LogP contribution in [0.3, 0.4) is 0 Å². The molecule has 4 aromatic carbocycles. The second-order valence-electron chi connectivity index (χ2n) is 11.2. The summed E-state index contributed by atoms with van der Waals surface area (Å²) in [4.78, 5) is 7.58. The van der Waals surface area contributed by atoms with Gasteiger partial charge in [-0.3, -0.25) is 4.98 Å². The molecule has 0 aliphatic heterocycles. The van der Waals surface area contributed by atoms with Gasteiger partial charge in [0.05, 0.1) is 0 Å². The van der Waals surface area contributed by atoms with E-state index in [1.165, 1.54) is 27.6 Å². The first-order chi connectivity index (χ1) is 18.8. The van der Waals surface area contributed by atoms with Gasteiger partial charge in [-0.1, -0.05) is 126 Å². The van der Waals surface area contributed by atoms with Crippen LogP contribution in [-0.2, 0) is 25.8 Å². The number of anilines is 2. The minimum Gasteiger partial charge on any atom is -0.358 e. The summed E-state index contributed by atoms with van der Waals surface area (Å²) in [6.45, 7) is 15.9. The van der Waals surface area contributed by atoms with E-state index >= 15 is 0 Å². The van der Waals surface area contributed by atoms with E-state index in [1.807, 2.05) is 6.07 Å². The average Bonchev–Trinajstić information content (AvgIpc) is 2.95. The summed E-state index contributed by atoms with van der Waals surface area (Å²) in [5, 5.41) is 2.36. The van der Waals surface area contributed by atoms with Crippen LogP contribution in [0.25, 0.3) is 22.0 Å². The maximum Gasteiger partial charge on any atom is 0.116 e. The van der Waals surface area contributed by atoms with Gasteiger partial charge in [0.1, 0.15) is 5.82 Å². The molecular weight excluding hydrogens is 675 g/mol. The molecule has 0 unspecified atom stereocenters. The molecule has 1 aromatic heterocycles. The Morgan fingerprint density at radius 1 is 0.643 bits per heavy atom. The molecule has 42 heavy (non-hydrogen) atoms. The number of nitrogens with zero attached hydrogens (tertiary/aromatic N) is 2. The van der Waals surface area contributed by atoms with E-state index in [0.717, 1.165) is 28.1 Å². The third-order valence-electron chi connectivity index (χ3n) is 7.45. The van der Waals surface area contributed by atoms with E-state index in [2.05, 4.69) is 150 Å². The van der Waals surface area contributed by atoms with Crippen molar-refractivity contribution < 1.29 is 25.8 Å². The van der Waals surface area contributed by atoms with Crippen molar-refractivity contribution in [3.8, 4) is 11.3 Å². The zero-order valence-electron chi connectivity index (χ0n) is 26.4. The second kappa shape index (κ2) is 15.3. The maximum atomic E-state index is 5.28. The Labute approximate surface area is 274 Å². The summed E-state index contributed by atoms with van der Waals surface area (Å²) in [5.74, 6) is 2.08. The first kappa shape index (κ1) is 35.0. The predicted octanol–water partition coefficient (Wildman–Crippen LogP) is 11.3. The summed E-state index contributed by atoms with van der Waals surface area (Å²) < 4.78 is 0. The molecule has 0 N–H and O–H groups in total. The van der Waals surface area contributed by atoms with Crippen molar-refractivity contribution in [1.82, 2.24) is 4.98 Å². The number of pyridine rings is 1. The number of benzene rings is 4. The molecule has 0 amide bonds. The van der Waals surface area contributed by atoms with E-state index < -0.39 is 0 Å². The molecule has 5 rings (SSSR count). The van der Waals surface area contributed by atoms with Gasteiger partial charge in [-0.15, -0.1) is 52.4 Å². The van der Waals surface area contributed by atoms with Crippen LogP contribution in [-0.4, -0.2) is 4.98 Å². The minimum atomic E-state index is 0. The summed E-state index contributed by atoms with van der Waals surface area (Å²) in [7, 11) is 0. The fraction of sp³-hybridized carbons (Fsp3) is 0.231. The molecule has 0 aliphatic carbocycles. The first-order valence-corrected chi connectivity index (χ1v) is 14.1. The fourth-order valence-electron chi connectivity index (χ4n) is 5.41. The van der Waals surface area contributed by atoms with Gasteiger partial charge in [0.25, 0.3) is 0 Å². The van der Waals surface area contributed by atoms with Crippen LogP contribution in [0.1, 0.15) is 81.5 Å². The smallest absolute Gasteiger partial charge is 0.116 e. The molecular formula is C39H44HfN2-4. The van der Waals surface area contributed by atoms with Crippen LogP contribution in [0.4, 0.5) is 11.5 Å². The Morgan fingerprint density at radius 2 is 1.21 bits per heavy atom. The largest absolute Gasteiger partial charge is 0.358 e. The quantitative estimate of drug-likeness (QED) is 0.117. The van der Waals surface area contributed by atoms with Crippen molar-refractivity contribution in [2.75, 3.05) is 4.90 Å². The molecule has 0 saturated heterocycles. The molecule has 0 radical (unpaired) electrons. The van der Waals surface area contributed by atoms with Crippen molar-refractivity contribution in [2.45, 2.75) is 59.3 Å². The standard InChI is InChI=1S/C37H38N2.2CH3.Hf/c1-25(2)29-18-12-19-30(26(3)4)34(29)24-39(36-22-10-9-16-31(36)27(5)6)37-23-13-21-35(38-37)33-20-11-15-28-14-7-8-17-32(28)33;;;/h7-19,21-27H,1-6H3;2*1H3;/q-2;2*-1;. The average molecular weight is 719 g/mol. The molecule has 0 spiro atoms. The van der Waals surface area contributed by atoms with Crippen molar-refractivity contribution >= 4 is 22.3 Å². The summed E-state index contributed by atoms with van der Waals surface area (Å²) in [5.41, 5.74) is 8.39. The molecule has 0 atom stereocenters. The topological polar surface area (TPSA) is 16.1 Å². The van der Waals surface area contributed by atoms with Gasteiger partial charge in [-0.2, -0.15) is 5.56 Å². The van der Waals surface area contributed by atoms with Crippen molar-refractivity contribution in [2.24, 2.45) is 0 Å². The number of rotatable bonds is 8. The van der Waals surface area contributed by atoms with Crippen LogP contribution >= 0.6 is 0 Å². The number of fused-ring (bicyclic) bond motifs is 1. The normalized spacial score (nSPS) is 10.7. The predicted molar refractivity (Wildman–Crippen MR) is 180 cm³/mol. The van der Waals surface area contributed by atoms with E-state index in [0.29, 0.717) is 17.8 Å². The van der Waals surface area contributed by atoms with Gasteiger partial charge >= 0.3 is 0 Å². The molecule has 218 valence electrons. The molecule has 0 aliphatic rings. The van der Waals surface area contributed by atoms with E-state index in [1.54, 1.807) is 0 Å². The summed E-state index contributed by atoms with van der Waals surface area (Å²) in [6, 6.07) is 37.8. The van der Waals surface area contributed by atoms with Gasteiger partial charge in [-0.25, -0.2) is 0 Å². The first-order valence-electron chi connectivity index (χ1n) is 14.1. The van der Waals surface area contributed by atoms with Crippen molar-refractivity contribution in [3.05, 3.63) is 147 Å². The third kappa shape index (κ3) is 7.24. The maximum absolute atomic E-state index is 5.28. The van der Waals surface area contributed by atoms with Crippen molar-refractivity contribution in [3.63, 3.8) is 0 Å². The van der Waals surface area contributed by atoms with Crippen LogP contribution in [0.15, 0.2) is 97.1 Å². The van der Waals surface area contributed by atoms with Crippen molar-refractivity contribution in [1.29, 1.82) is 0 Å². The van der Waals surface area contributed by atoms with Gasteiger partial charge < -0.3 is 19.8 Å². The minimum absolute atomic E-state index is 0. The zero-order chi connectivity index (χ0) is 27.5. The molecule has 1 heterocycles. The Balaban J connectivity index is 0.00000205. The Kier molecular flexibility index (Phi) is 12.8.